The van der Waals surface area contributed by atoms with Crippen molar-refractivity contribution in [2.75, 3.05) is 5.32 Å². The third-order valence-electron chi connectivity index (χ3n) is 4.11. The van der Waals surface area contributed by atoms with E-state index in [2.05, 4.69) is 46.2 Å². The normalized spacial score (nSPS) is 17.4. The molecule has 0 spiro atoms. The van der Waals surface area contributed by atoms with Crippen LogP contribution < -0.4 is 5.32 Å². The lowest BCUT2D eigenvalue weighted by Crippen LogP contribution is -2.20. The topological polar surface area (TPSA) is 50.7 Å². The summed E-state index contributed by atoms with van der Waals surface area (Å²) in [5.41, 5.74) is 5.63. The molecule has 1 aromatic carbocycles. The average Bonchev–Trinajstić information content (AvgIpc) is 2.38. The molecule has 0 saturated heterocycles. The minimum Gasteiger partial charge on any atom is -0.347 e. The molecule has 1 atom stereocenters. The van der Waals surface area contributed by atoms with Crippen LogP contribution in [0.1, 0.15) is 52.8 Å². The first kappa shape index (κ1) is 14.0. The molecule has 4 nitrogen and oxygen atoms in total. The van der Waals surface area contributed by atoms with Crippen LogP contribution in [0.15, 0.2) is 12.1 Å². The highest BCUT2D eigenvalue weighted by molar-refractivity contribution is 5.44. The van der Waals surface area contributed by atoms with E-state index < -0.39 is 0 Å². The summed E-state index contributed by atoms with van der Waals surface area (Å²) in [4.78, 5) is 13.1. The van der Waals surface area contributed by atoms with Crippen molar-refractivity contribution in [2.24, 2.45) is 0 Å². The molecule has 1 aromatic heterocycles. The summed E-state index contributed by atoms with van der Waals surface area (Å²) in [5, 5.41) is 3.51. The van der Waals surface area contributed by atoms with Crippen LogP contribution in [0.3, 0.4) is 0 Å². The zero-order valence-corrected chi connectivity index (χ0v) is 13.2. The van der Waals surface area contributed by atoms with E-state index in [4.69, 9.17) is 0 Å². The molecule has 1 heterocycles. The van der Waals surface area contributed by atoms with Gasteiger partial charge >= 0.3 is 0 Å². The van der Waals surface area contributed by atoms with Crippen LogP contribution in [0.25, 0.3) is 0 Å². The first-order valence-electron chi connectivity index (χ1n) is 7.59. The van der Waals surface area contributed by atoms with Gasteiger partial charge in [0.05, 0.1) is 6.04 Å². The van der Waals surface area contributed by atoms with Crippen LogP contribution in [0.5, 0.6) is 0 Å². The van der Waals surface area contributed by atoms with Gasteiger partial charge in [0.25, 0.3) is 0 Å². The Labute approximate surface area is 126 Å². The van der Waals surface area contributed by atoms with Gasteiger partial charge in [-0.05, 0) is 63.6 Å². The van der Waals surface area contributed by atoms with Crippen molar-refractivity contribution in [1.29, 1.82) is 0 Å². The van der Waals surface area contributed by atoms with Crippen molar-refractivity contribution < 1.29 is 0 Å². The first-order chi connectivity index (χ1) is 10.0. The van der Waals surface area contributed by atoms with Crippen molar-refractivity contribution >= 4 is 5.95 Å². The lowest BCUT2D eigenvalue weighted by Gasteiger charge is -2.28. The second-order valence-electron chi connectivity index (χ2n) is 5.99. The molecule has 1 N–H and O–H groups in total. The number of nitrogens with zero attached hydrogens (tertiary/aromatic N) is 3. The van der Waals surface area contributed by atoms with Crippen molar-refractivity contribution in [1.82, 2.24) is 15.0 Å². The molecule has 4 heteroatoms. The van der Waals surface area contributed by atoms with Crippen LogP contribution >= 0.6 is 0 Å². The molecule has 0 saturated carbocycles. The Bertz CT molecular complexity index is 658. The zero-order valence-electron chi connectivity index (χ0n) is 13.2. The highest BCUT2D eigenvalue weighted by atomic mass is 15.2. The predicted molar refractivity (Wildman–Crippen MR) is 84.5 cm³/mol. The molecule has 1 unspecified atom stereocenters. The number of rotatable bonds is 2. The fraction of sp³-hybridized carbons (Fsp3) is 0.471. The number of aromatic nitrogens is 3. The van der Waals surface area contributed by atoms with Gasteiger partial charge in [-0.3, -0.25) is 0 Å². The third kappa shape index (κ3) is 2.89. The van der Waals surface area contributed by atoms with E-state index in [-0.39, 0.29) is 0 Å². The highest BCUT2D eigenvalue weighted by Gasteiger charge is 2.22. The number of nitrogens with one attached hydrogen (secondary N) is 1. The van der Waals surface area contributed by atoms with Gasteiger partial charge in [0, 0.05) is 0 Å². The number of benzene rings is 1. The lowest BCUT2D eigenvalue weighted by molar-refractivity contribution is 0.592. The Balaban J connectivity index is 1.95. The minimum absolute atomic E-state index is 0.300. The van der Waals surface area contributed by atoms with E-state index >= 15 is 0 Å². The first-order valence-corrected chi connectivity index (χ1v) is 7.59. The molecule has 1 aliphatic carbocycles. The molecule has 3 rings (SSSR count). The zero-order chi connectivity index (χ0) is 15.0. The summed E-state index contributed by atoms with van der Waals surface area (Å²) in [6.07, 6.45) is 3.51. The van der Waals surface area contributed by atoms with E-state index in [1.165, 1.54) is 35.1 Å². The van der Waals surface area contributed by atoms with Crippen LogP contribution in [0, 0.1) is 27.7 Å². The van der Waals surface area contributed by atoms with Crippen LogP contribution in [-0.2, 0) is 6.42 Å². The van der Waals surface area contributed by atoms with Crippen molar-refractivity contribution in [3.8, 4) is 0 Å². The fourth-order valence-electron chi connectivity index (χ4n) is 3.31. The molecule has 1 aliphatic rings. The van der Waals surface area contributed by atoms with Gasteiger partial charge in [0.15, 0.2) is 0 Å². The number of aryl methyl sites for hydroxylation is 4. The number of fused-ring (bicyclic) bond motifs is 1. The average molecular weight is 282 g/mol. The molecule has 0 radical (unpaired) electrons. The summed E-state index contributed by atoms with van der Waals surface area (Å²) in [5.74, 6) is 2.22. The Morgan fingerprint density at radius 3 is 2.43 bits per heavy atom. The maximum Gasteiger partial charge on any atom is 0.226 e. The molecule has 110 valence electrons. The Kier molecular flexibility index (Phi) is 3.62. The number of hydrogen-bond donors (Lipinski definition) is 1. The van der Waals surface area contributed by atoms with E-state index in [1.807, 2.05) is 13.8 Å². The molecule has 0 amide bonds. The fourth-order valence-corrected chi connectivity index (χ4v) is 3.31. The molecule has 0 aliphatic heterocycles. The second kappa shape index (κ2) is 5.43. The predicted octanol–water partition coefficient (Wildman–Crippen LogP) is 3.59. The van der Waals surface area contributed by atoms with E-state index in [9.17, 15) is 0 Å². The van der Waals surface area contributed by atoms with E-state index in [0.717, 1.165) is 18.1 Å². The Morgan fingerprint density at radius 2 is 1.71 bits per heavy atom. The summed E-state index contributed by atoms with van der Waals surface area (Å²) in [6.45, 7) is 8.19. The summed E-state index contributed by atoms with van der Waals surface area (Å²) in [6, 6.07) is 4.88. The smallest absolute Gasteiger partial charge is 0.226 e. The molecular formula is C17H22N4. The number of hydrogen-bond acceptors (Lipinski definition) is 4. The van der Waals surface area contributed by atoms with Gasteiger partial charge < -0.3 is 5.32 Å². The lowest BCUT2D eigenvalue weighted by atomic mass is 9.84. The summed E-state index contributed by atoms with van der Waals surface area (Å²) < 4.78 is 0. The van der Waals surface area contributed by atoms with Gasteiger partial charge in [-0.25, -0.2) is 4.98 Å². The van der Waals surface area contributed by atoms with Crippen molar-refractivity contribution in [2.45, 2.75) is 53.0 Å². The molecule has 21 heavy (non-hydrogen) atoms. The maximum absolute atomic E-state index is 4.41. The maximum atomic E-state index is 4.41. The Hall–Kier alpha value is -1.97. The Morgan fingerprint density at radius 1 is 1.00 bits per heavy atom. The molecule has 0 fully saturated rings. The van der Waals surface area contributed by atoms with E-state index in [0.29, 0.717) is 12.0 Å². The molecule has 0 bridgehead atoms. The van der Waals surface area contributed by atoms with Crippen LogP contribution in [0.2, 0.25) is 0 Å². The number of anilines is 1. The van der Waals surface area contributed by atoms with Gasteiger partial charge in [-0.15, -0.1) is 0 Å². The van der Waals surface area contributed by atoms with Gasteiger partial charge in [0.1, 0.15) is 11.6 Å². The van der Waals surface area contributed by atoms with Crippen LogP contribution in [0.4, 0.5) is 5.95 Å². The van der Waals surface area contributed by atoms with Gasteiger partial charge in [0.2, 0.25) is 5.95 Å². The molecular weight excluding hydrogens is 260 g/mol. The van der Waals surface area contributed by atoms with Gasteiger partial charge in [-0.1, -0.05) is 17.7 Å². The second-order valence-corrected chi connectivity index (χ2v) is 5.99. The third-order valence-corrected chi connectivity index (χ3v) is 4.11. The summed E-state index contributed by atoms with van der Waals surface area (Å²) in [7, 11) is 0. The van der Waals surface area contributed by atoms with Crippen molar-refractivity contribution in [3.63, 3.8) is 0 Å². The highest BCUT2D eigenvalue weighted by Crippen LogP contribution is 2.34. The molecule has 2 aromatic rings. The SMILES string of the molecule is Cc1cc(C)c2c(c1)C(Nc1nc(C)nc(C)n1)CCC2. The van der Waals surface area contributed by atoms with Crippen LogP contribution in [-0.4, -0.2) is 15.0 Å². The van der Waals surface area contributed by atoms with E-state index in [1.54, 1.807) is 0 Å². The van der Waals surface area contributed by atoms with Gasteiger partial charge in [-0.2, -0.15) is 9.97 Å². The quantitative estimate of drug-likeness (QED) is 0.914. The standard InChI is InChI=1S/C17H22N4/c1-10-8-11(2)14-6-5-7-16(15(14)9-10)21-17-19-12(3)18-13(4)20-17/h8-9,16H,5-7H2,1-4H3,(H,18,19,20,21). The largest absolute Gasteiger partial charge is 0.347 e. The monoisotopic (exact) mass is 282 g/mol. The minimum atomic E-state index is 0.300. The van der Waals surface area contributed by atoms with Crippen molar-refractivity contribution in [3.05, 3.63) is 46.0 Å². The summed E-state index contributed by atoms with van der Waals surface area (Å²) >= 11 is 0.